The second-order valence-electron chi connectivity index (χ2n) is 5.67. The van der Waals surface area contributed by atoms with Crippen molar-refractivity contribution in [3.8, 4) is 23.0 Å². The molecule has 8 nitrogen and oxygen atoms in total. The molecule has 1 N–H and O–H groups in total. The molecule has 0 spiro atoms. The van der Waals surface area contributed by atoms with Gasteiger partial charge in [-0.2, -0.15) is 0 Å². The predicted molar refractivity (Wildman–Crippen MR) is 108 cm³/mol. The van der Waals surface area contributed by atoms with E-state index in [1.807, 2.05) is 0 Å². The maximum atomic E-state index is 12.3. The molecule has 2 aromatic rings. The average molecular weight is 401 g/mol. The number of carbonyl (C=O) groups is 2. The summed E-state index contributed by atoms with van der Waals surface area (Å²) >= 11 is 0. The van der Waals surface area contributed by atoms with E-state index in [9.17, 15) is 9.59 Å². The standard InChI is InChI=1S/C21H23NO7/c1-25-15-7-9-17(26-2)16(12-15)22-20(23)13-29-18-8-5-14(11-19(18)27-3)6-10-21(24)28-4/h5-12H,13H2,1-4H3,(H,22,23)/b10-6+. The number of rotatable bonds is 9. The number of ether oxygens (including phenoxy) is 5. The molecule has 2 aromatic carbocycles. The van der Waals surface area contributed by atoms with E-state index in [-0.39, 0.29) is 12.5 Å². The Morgan fingerprint density at radius 1 is 0.897 bits per heavy atom. The number of amides is 1. The van der Waals surface area contributed by atoms with Crippen LogP contribution in [0, 0.1) is 0 Å². The molecule has 0 saturated heterocycles. The van der Waals surface area contributed by atoms with E-state index >= 15 is 0 Å². The van der Waals surface area contributed by atoms with Gasteiger partial charge in [0.25, 0.3) is 5.91 Å². The molecule has 0 fully saturated rings. The van der Waals surface area contributed by atoms with Crippen LogP contribution in [0.4, 0.5) is 5.69 Å². The lowest BCUT2D eigenvalue weighted by atomic mass is 10.2. The molecule has 2 rings (SSSR count). The normalized spacial score (nSPS) is 10.3. The summed E-state index contributed by atoms with van der Waals surface area (Å²) in [6, 6.07) is 10.1. The van der Waals surface area contributed by atoms with E-state index in [0.717, 1.165) is 0 Å². The van der Waals surface area contributed by atoms with Crippen LogP contribution in [0.1, 0.15) is 5.56 Å². The van der Waals surface area contributed by atoms with Gasteiger partial charge in [-0.05, 0) is 35.9 Å². The summed E-state index contributed by atoms with van der Waals surface area (Å²) in [4.78, 5) is 23.5. The van der Waals surface area contributed by atoms with Crippen LogP contribution in [0.25, 0.3) is 6.08 Å². The van der Waals surface area contributed by atoms with Gasteiger partial charge in [0, 0.05) is 12.1 Å². The highest BCUT2D eigenvalue weighted by molar-refractivity contribution is 5.93. The minimum atomic E-state index is -0.464. The Morgan fingerprint density at radius 3 is 2.28 bits per heavy atom. The SMILES string of the molecule is COC(=O)/C=C/c1ccc(OCC(=O)Nc2cc(OC)ccc2OC)c(OC)c1. The van der Waals surface area contributed by atoms with Crippen molar-refractivity contribution in [1.82, 2.24) is 0 Å². The van der Waals surface area contributed by atoms with Gasteiger partial charge in [0.2, 0.25) is 0 Å². The Kier molecular flexibility index (Phi) is 7.90. The first-order valence-corrected chi connectivity index (χ1v) is 8.59. The third-order valence-corrected chi connectivity index (χ3v) is 3.84. The first-order valence-electron chi connectivity index (χ1n) is 8.59. The molecular weight excluding hydrogens is 378 g/mol. The van der Waals surface area contributed by atoms with Gasteiger partial charge in [-0.25, -0.2) is 4.79 Å². The Morgan fingerprint density at radius 2 is 1.62 bits per heavy atom. The molecule has 1 amide bonds. The van der Waals surface area contributed by atoms with Gasteiger partial charge in [0.15, 0.2) is 18.1 Å². The molecule has 0 heterocycles. The van der Waals surface area contributed by atoms with Gasteiger partial charge in [0.05, 0.1) is 34.1 Å². The van der Waals surface area contributed by atoms with Crippen LogP contribution in [0.2, 0.25) is 0 Å². The minimum Gasteiger partial charge on any atom is -0.497 e. The highest BCUT2D eigenvalue weighted by atomic mass is 16.5. The number of hydrogen-bond donors (Lipinski definition) is 1. The van der Waals surface area contributed by atoms with Crippen molar-refractivity contribution in [2.45, 2.75) is 0 Å². The smallest absolute Gasteiger partial charge is 0.330 e. The van der Waals surface area contributed by atoms with Gasteiger partial charge in [-0.15, -0.1) is 0 Å². The molecule has 0 aromatic heterocycles. The fourth-order valence-corrected chi connectivity index (χ4v) is 2.38. The molecule has 0 radical (unpaired) electrons. The zero-order valence-corrected chi connectivity index (χ0v) is 16.7. The summed E-state index contributed by atoms with van der Waals surface area (Å²) in [5.74, 6) is 1.04. The van der Waals surface area contributed by atoms with Crippen LogP contribution in [0.5, 0.6) is 23.0 Å². The van der Waals surface area contributed by atoms with Gasteiger partial charge in [0.1, 0.15) is 11.5 Å². The highest BCUT2D eigenvalue weighted by Gasteiger charge is 2.12. The summed E-state index contributed by atoms with van der Waals surface area (Å²) in [5, 5.41) is 2.72. The molecule has 154 valence electrons. The molecule has 29 heavy (non-hydrogen) atoms. The maximum Gasteiger partial charge on any atom is 0.330 e. The third-order valence-electron chi connectivity index (χ3n) is 3.84. The molecule has 0 aliphatic carbocycles. The molecule has 0 unspecified atom stereocenters. The van der Waals surface area contributed by atoms with Crippen LogP contribution >= 0.6 is 0 Å². The monoisotopic (exact) mass is 401 g/mol. The van der Waals surface area contributed by atoms with Crippen molar-refractivity contribution in [2.75, 3.05) is 40.4 Å². The number of hydrogen-bond acceptors (Lipinski definition) is 7. The summed E-state index contributed by atoms with van der Waals surface area (Å²) in [6.45, 7) is -0.242. The fourth-order valence-electron chi connectivity index (χ4n) is 2.38. The summed E-state index contributed by atoms with van der Waals surface area (Å²) < 4.78 is 25.8. The first kappa shape index (κ1) is 21.6. The van der Waals surface area contributed by atoms with E-state index in [2.05, 4.69) is 10.1 Å². The number of carbonyl (C=O) groups excluding carboxylic acids is 2. The number of nitrogens with one attached hydrogen (secondary N) is 1. The van der Waals surface area contributed by atoms with Crippen LogP contribution in [-0.2, 0) is 14.3 Å². The zero-order valence-electron chi connectivity index (χ0n) is 16.7. The third kappa shape index (κ3) is 6.17. The van der Waals surface area contributed by atoms with E-state index in [0.29, 0.717) is 34.2 Å². The first-order chi connectivity index (χ1) is 14.0. The van der Waals surface area contributed by atoms with Crippen LogP contribution in [0.3, 0.4) is 0 Å². The fraction of sp³-hybridized carbons (Fsp3) is 0.238. The predicted octanol–water partition coefficient (Wildman–Crippen LogP) is 2.92. The number of methoxy groups -OCH3 is 4. The zero-order chi connectivity index (χ0) is 21.2. The molecular formula is C21H23NO7. The largest absolute Gasteiger partial charge is 0.497 e. The second kappa shape index (κ2) is 10.6. The molecule has 0 saturated carbocycles. The summed E-state index contributed by atoms with van der Waals surface area (Å²) in [7, 11) is 5.83. The second-order valence-corrected chi connectivity index (χ2v) is 5.67. The Balaban J connectivity index is 2.04. The van der Waals surface area contributed by atoms with Gasteiger partial charge < -0.3 is 29.0 Å². The number of esters is 1. The lowest BCUT2D eigenvalue weighted by Gasteiger charge is -2.13. The molecule has 0 atom stereocenters. The van der Waals surface area contributed by atoms with Crippen molar-refractivity contribution in [3.05, 3.63) is 48.0 Å². The van der Waals surface area contributed by atoms with Crippen molar-refractivity contribution in [2.24, 2.45) is 0 Å². The van der Waals surface area contributed by atoms with Crippen molar-refractivity contribution >= 4 is 23.6 Å². The van der Waals surface area contributed by atoms with Crippen LogP contribution in [-0.4, -0.2) is 46.9 Å². The number of benzene rings is 2. The summed E-state index contributed by atoms with van der Waals surface area (Å²) in [6.07, 6.45) is 2.88. The van der Waals surface area contributed by atoms with E-state index in [1.54, 1.807) is 42.5 Å². The van der Waals surface area contributed by atoms with E-state index in [4.69, 9.17) is 18.9 Å². The molecule has 0 bridgehead atoms. The van der Waals surface area contributed by atoms with Crippen molar-refractivity contribution in [3.63, 3.8) is 0 Å². The van der Waals surface area contributed by atoms with Crippen LogP contribution in [0.15, 0.2) is 42.5 Å². The maximum absolute atomic E-state index is 12.3. The lowest BCUT2D eigenvalue weighted by Crippen LogP contribution is -2.20. The van der Waals surface area contributed by atoms with Crippen molar-refractivity contribution in [1.29, 1.82) is 0 Å². The summed E-state index contributed by atoms with van der Waals surface area (Å²) in [5.41, 5.74) is 1.18. The Hall–Kier alpha value is -3.68. The Bertz CT molecular complexity index is 893. The van der Waals surface area contributed by atoms with Gasteiger partial charge >= 0.3 is 5.97 Å². The molecule has 0 aliphatic rings. The van der Waals surface area contributed by atoms with E-state index in [1.165, 1.54) is 34.5 Å². The molecule has 0 aliphatic heterocycles. The quantitative estimate of drug-likeness (QED) is 0.510. The van der Waals surface area contributed by atoms with Crippen LogP contribution < -0.4 is 24.3 Å². The van der Waals surface area contributed by atoms with Crippen molar-refractivity contribution < 1.29 is 33.3 Å². The minimum absolute atomic E-state index is 0.242. The average Bonchev–Trinajstić information content (AvgIpc) is 2.75. The van der Waals surface area contributed by atoms with Gasteiger partial charge in [-0.3, -0.25) is 4.79 Å². The Labute approximate surface area is 169 Å². The number of anilines is 1. The topological polar surface area (TPSA) is 92.3 Å². The molecule has 8 heteroatoms. The van der Waals surface area contributed by atoms with Gasteiger partial charge in [-0.1, -0.05) is 6.07 Å². The highest BCUT2D eigenvalue weighted by Crippen LogP contribution is 2.30. The lowest BCUT2D eigenvalue weighted by molar-refractivity contribution is -0.134. The van der Waals surface area contributed by atoms with E-state index < -0.39 is 5.97 Å².